The van der Waals surface area contributed by atoms with Gasteiger partial charge in [0.2, 0.25) is 0 Å². The van der Waals surface area contributed by atoms with Crippen molar-refractivity contribution < 1.29 is 19.4 Å². The van der Waals surface area contributed by atoms with Crippen LogP contribution in [0.5, 0.6) is 5.75 Å². The molecule has 0 bridgehead atoms. The number of carboxylic acid groups (broad SMARTS) is 1. The Morgan fingerprint density at radius 1 is 1.12 bits per heavy atom. The maximum Gasteiger partial charge on any atom is 0.308 e. The van der Waals surface area contributed by atoms with E-state index in [1.165, 1.54) is 0 Å². The van der Waals surface area contributed by atoms with E-state index >= 15 is 0 Å². The fourth-order valence-corrected chi connectivity index (χ4v) is 3.24. The van der Waals surface area contributed by atoms with E-state index in [-0.39, 0.29) is 18.6 Å². The largest absolute Gasteiger partial charge is 0.489 e. The molecule has 130 valence electrons. The lowest BCUT2D eigenvalue weighted by atomic mass is 10.0. The average Bonchev–Trinajstić information content (AvgIpc) is 3.02. The van der Waals surface area contributed by atoms with E-state index in [0.29, 0.717) is 18.5 Å². The zero-order valence-corrected chi connectivity index (χ0v) is 14.1. The fraction of sp³-hybridized carbons (Fsp3) is 0.300. The number of carbonyl (C=O) groups excluding carboxylic acids is 1. The Labute approximate surface area is 146 Å². The van der Waals surface area contributed by atoms with Gasteiger partial charge in [-0.2, -0.15) is 0 Å². The molecular formula is C20H21NO4. The Bertz CT molecular complexity index is 759. The van der Waals surface area contributed by atoms with E-state index in [4.69, 9.17) is 4.74 Å². The lowest BCUT2D eigenvalue weighted by Crippen LogP contribution is -2.38. The van der Waals surface area contributed by atoms with Gasteiger partial charge >= 0.3 is 5.97 Å². The SMILES string of the molecule is CC1C(C(=O)O)CCN1C(=O)c1ccccc1COc1ccccc1. The second kappa shape index (κ2) is 7.38. The Kier molecular flexibility index (Phi) is 5.03. The highest BCUT2D eigenvalue weighted by Gasteiger charge is 2.38. The highest BCUT2D eigenvalue weighted by atomic mass is 16.5. The van der Waals surface area contributed by atoms with Gasteiger partial charge in [0, 0.05) is 23.7 Å². The molecule has 2 aromatic carbocycles. The van der Waals surface area contributed by atoms with Gasteiger partial charge in [-0.05, 0) is 31.5 Å². The minimum absolute atomic E-state index is 0.136. The molecule has 0 spiro atoms. The van der Waals surface area contributed by atoms with Crippen molar-refractivity contribution in [1.29, 1.82) is 0 Å². The van der Waals surface area contributed by atoms with Crippen LogP contribution in [-0.4, -0.2) is 34.5 Å². The molecule has 2 atom stereocenters. The van der Waals surface area contributed by atoms with Crippen LogP contribution < -0.4 is 4.74 Å². The number of nitrogens with zero attached hydrogens (tertiary/aromatic N) is 1. The smallest absolute Gasteiger partial charge is 0.308 e. The number of ether oxygens (including phenoxy) is 1. The van der Waals surface area contributed by atoms with Crippen molar-refractivity contribution >= 4 is 11.9 Å². The number of hydrogen-bond donors (Lipinski definition) is 1. The predicted molar refractivity (Wildman–Crippen MR) is 93.5 cm³/mol. The molecular weight excluding hydrogens is 318 g/mol. The summed E-state index contributed by atoms with van der Waals surface area (Å²) < 4.78 is 5.77. The zero-order chi connectivity index (χ0) is 17.8. The van der Waals surface area contributed by atoms with Gasteiger partial charge in [0.1, 0.15) is 12.4 Å². The highest BCUT2D eigenvalue weighted by Crippen LogP contribution is 2.27. The topological polar surface area (TPSA) is 66.8 Å². The minimum atomic E-state index is -0.844. The highest BCUT2D eigenvalue weighted by molar-refractivity contribution is 5.96. The van der Waals surface area contributed by atoms with Crippen LogP contribution >= 0.6 is 0 Å². The molecule has 1 fully saturated rings. The van der Waals surface area contributed by atoms with Crippen LogP contribution in [0.25, 0.3) is 0 Å². The lowest BCUT2D eigenvalue weighted by molar-refractivity contribution is -0.142. The quantitative estimate of drug-likeness (QED) is 0.908. The van der Waals surface area contributed by atoms with Crippen LogP contribution in [0.1, 0.15) is 29.3 Å². The van der Waals surface area contributed by atoms with E-state index in [1.807, 2.05) is 48.5 Å². The summed E-state index contributed by atoms with van der Waals surface area (Å²) in [6.07, 6.45) is 0.491. The number of benzene rings is 2. The Balaban J connectivity index is 1.76. The first-order valence-corrected chi connectivity index (χ1v) is 8.37. The first-order chi connectivity index (χ1) is 12.1. The Morgan fingerprint density at radius 3 is 2.48 bits per heavy atom. The maximum absolute atomic E-state index is 12.9. The van der Waals surface area contributed by atoms with Crippen LogP contribution in [0.4, 0.5) is 0 Å². The van der Waals surface area contributed by atoms with E-state index in [9.17, 15) is 14.7 Å². The Morgan fingerprint density at radius 2 is 1.80 bits per heavy atom. The summed E-state index contributed by atoms with van der Waals surface area (Å²) in [5.41, 5.74) is 1.36. The van der Waals surface area contributed by atoms with Crippen molar-refractivity contribution in [2.24, 2.45) is 5.92 Å². The predicted octanol–water partition coefficient (Wildman–Crippen LogP) is 3.20. The fourth-order valence-electron chi connectivity index (χ4n) is 3.24. The van der Waals surface area contributed by atoms with Crippen molar-refractivity contribution in [2.45, 2.75) is 26.0 Å². The molecule has 0 saturated carbocycles. The van der Waals surface area contributed by atoms with E-state index < -0.39 is 11.9 Å². The molecule has 1 saturated heterocycles. The molecule has 0 aliphatic carbocycles. The second-order valence-electron chi connectivity index (χ2n) is 6.23. The van der Waals surface area contributed by atoms with E-state index in [2.05, 4.69) is 0 Å². The third-order valence-electron chi connectivity index (χ3n) is 4.72. The van der Waals surface area contributed by atoms with Gasteiger partial charge in [-0.15, -0.1) is 0 Å². The number of carbonyl (C=O) groups is 2. The molecule has 2 unspecified atom stereocenters. The molecule has 1 aliphatic rings. The first-order valence-electron chi connectivity index (χ1n) is 8.37. The number of hydrogen-bond acceptors (Lipinski definition) is 3. The van der Waals surface area contributed by atoms with Gasteiger partial charge < -0.3 is 14.7 Å². The normalized spacial score (nSPS) is 19.6. The molecule has 0 radical (unpaired) electrons. The number of carboxylic acids is 1. The van der Waals surface area contributed by atoms with Gasteiger partial charge in [-0.3, -0.25) is 9.59 Å². The maximum atomic E-state index is 12.9. The van der Waals surface area contributed by atoms with Crippen LogP contribution in [0, 0.1) is 5.92 Å². The Hall–Kier alpha value is -2.82. The van der Waals surface area contributed by atoms with Crippen LogP contribution in [-0.2, 0) is 11.4 Å². The van der Waals surface area contributed by atoms with Crippen molar-refractivity contribution in [1.82, 2.24) is 4.90 Å². The van der Waals surface area contributed by atoms with Gasteiger partial charge in [-0.1, -0.05) is 36.4 Å². The van der Waals surface area contributed by atoms with Crippen molar-refractivity contribution in [3.8, 4) is 5.75 Å². The monoisotopic (exact) mass is 339 g/mol. The van der Waals surface area contributed by atoms with E-state index in [1.54, 1.807) is 17.9 Å². The summed E-state index contributed by atoms with van der Waals surface area (Å²) >= 11 is 0. The molecule has 2 aromatic rings. The molecule has 1 aliphatic heterocycles. The lowest BCUT2D eigenvalue weighted by Gasteiger charge is -2.24. The second-order valence-corrected chi connectivity index (χ2v) is 6.23. The number of rotatable bonds is 5. The summed E-state index contributed by atoms with van der Waals surface area (Å²) in [6.45, 7) is 2.55. The molecule has 5 heteroatoms. The molecule has 1 amide bonds. The summed E-state index contributed by atoms with van der Waals surface area (Å²) in [5, 5.41) is 9.26. The van der Waals surface area contributed by atoms with Gasteiger partial charge in [0.25, 0.3) is 5.91 Å². The molecule has 1 heterocycles. The van der Waals surface area contributed by atoms with Gasteiger partial charge in [0.05, 0.1) is 5.92 Å². The zero-order valence-electron chi connectivity index (χ0n) is 14.1. The summed E-state index contributed by atoms with van der Waals surface area (Å²) in [6, 6.07) is 16.4. The number of amides is 1. The molecule has 3 rings (SSSR count). The van der Waals surface area contributed by atoms with Crippen LogP contribution in [0.2, 0.25) is 0 Å². The molecule has 0 aromatic heterocycles. The summed E-state index contributed by atoms with van der Waals surface area (Å²) in [5.74, 6) is -0.742. The number of likely N-dealkylation sites (tertiary alicyclic amines) is 1. The van der Waals surface area contributed by atoms with Crippen LogP contribution in [0.3, 0.4) is 0 Å². The number of para-hydroxylation sites is 1. The molecule has 5 nitrogen and oxygen atoms in total. The van der Waals surface area contributed by atoms with Gasteiger partial charge in [0.15, 0.2) is 0 Å². The summed E-state index contributed by atoms with van der Waals surface area (Å²) in [7, 11) is 0. The van der Waals surface area contributed by atoms with Crippen molar-refractivity contribution in [3.63, 3.8) is 0 Å². The van der Waals surface area contributed by atoms with Gasteiger partial charge in [-0.25, -0.2) is 0 Å². The minimum Gasteiger partial charge on any atom is -0.489 e. The van der Waals surface area contributed by atoms with Crippen LogP contribution in [0.15, 0.2) is 54.6 Å². The van der Waals surface area contributed by atoms with E-state index in [0.717, 1.165) is 11.3 Å². The molecule has 25 heavy (non-hydrogen) atoms. The third-order valence-corrected chi connectivity index (χ3v) is 4.72. The van der Waals surface area contributed by atoms with Crippen molar-refractivity contribution in [2.75, 3.05) is 6.54 Å². The van der Waals surface area contributed by atoms with Crippen molar-refractivity contribution in [3.05, 3.63) is 65.7 Å². The average molecular weight is 339 g/mol. The third kappa shape index (κ3) is 3.65. The summed E-state index contributed by atoms with van der Waals surface area (Å²) in [4.78, 5) is 25.9. The number of aliphatic carboxylic acids is 1. The molecule has 1 N–H and O–H groups in total. The first kappa shape index (κ1) is 17.0. The standard InChI is InChI=1S/C20H21NO4/c1-14-17(20(23)24)11-12-21(14)19(22)18-10-6-5-7-15(18)13-25-16-8-3-2-4-9-16/h2-10,14,17H,11-13H2,1H3,(H,23,24).